The SMILES string of the molecule is O=C(Nc1ccc(F)cc1)C(=O)NC1CCCC1. The molecule has 2 rings (SSSR count). The maximum Gasteiger partial charge on any atom is 0.313 e. The predicted octanol–water partition coefficient (Wildman–Crippen LogP) is 1.82. The Hall–Kier alpha value is -1.91. The fraction of sp³-hybridized carbons (Fsp3) is 0.385. The second kappa shape index (κ2) is 5.62. The minimum Gasteiger partial charge on any atom is -0.345 e. The van der Waals surface area contributed by atoms with Crippen molar-refractivity contribution in [3.8, 4) is 0 Å². The standard InChI is InChI=1S/C13H15FN2O2/c14-9-5-7-11(8-6-9)16-13(18)12(17)15-10-3-1-2-4-10/h5-8,10H,1-4H2,(H,15,17)(H,16,18). The van der Waals surface area contributed by atoms with Crippen molar-refractivity contribution in [2.24, 2.45) is 0 Å². The molecule has 2 N–H and O–H groups in total. The molecular formula is C13H15FN2O2. The summed E-state index contributed by atoms with van der Waals surface area (Å²) < 4.78 is 12.7. The molecule has 1 saturated carbocycles. The van der Waals surface area contributed by atoms with E-state index in [4.69, 9.17) is 0 Å². The molecule has 0 saturated heterocycles. The molecule has 1 aromatic carbocycles. The molecule has 0 bridgehead atoms. The number of nitrogens with one attached hydrogen (secondary N) is 2. The van der Waals surface area contributed by atoms with Gasteiger partial charge in [0, 0.05) is 11.7 Å². The first kappa shape index (κ1) is 12.5. The molecule has 0 unspecified atom stereocenters. The zero-order valence-electron chi connectivity index (χ0n) is 9.91. The molecule has 0 aromatic heterocycles. The predicted molar refractivity (Wildman–Crippen MR) is 65.4 cm³/mol. The molecule has 5 heteroatoms. The van der Waals surface area contributed by atoms with Crippen LogP contribution in [0.1, 0.15) is 25.7 Å². The molecule has 0 atom stereocenters. The minimum atomic E-state index is -0.714. The van der Waals surface area contributed by atoms with Gasteiger partial charge in [0.1, 0.15) is 5.82 Å². The number of carbonyl (C=O) groups excluding carboxylic acids is 2. The van der Waals surface area contributed by atoms with Gasteiger partial charge in [-0.15, -0.1) is 0 Å². The Labute approximate surface area is 105 Å². The third-order valence-corrected chi connectivity index (χ3v) is 3.00. The molecule has 0 spiro atoms. The van der Waals surface area contributed by atoms with Crippen LogP contribution in [0, 0.1) is 5.82 Å². The number of hydrogen-bond acceptors (Lipinski definition) is 2. The highest BCUT2D eigenvalue weighted by molar-refractivity contribution is 6.39. The van der Waals surface area contributed by atoms with E-state index in [1.807, 2.05) is 0 Å². The highest BCUT2D eigenvalue weighted by Gasteiger charge is 2.21. The molecule has 1 aliphatic rings. The maximum absolute atomic E-state index is 12.7. The van der Waals surface area contributed by atoms with Crippen LogP contribution in [0.5, 0.6) is 0 Å². The normalized spacial score (nSPS) is 15.4. The van der Waals surface area contributed by atoms with Gasteiger partial charge >= 0.3 is 11.8 Å². The lowest BCUT2D eigenvalue weighted by molar-refractivity contribution is -0.136. The van der Waals surface area contributed by atoms with Crippen molar-refractivity contribution < 1.29 is 14.0 Å². The van der Waals surface area contributed by atoms with E-state index in [0.29, 0.717) is 5.69 Å². The van der Waals surface area contributed by atoms with Gasteiger partial charge in [-0.2, -0.15) is 0 Å². The lowest BCUT2D eigenvalue weighted by atomic mass is 10.2. The molecule has 18 heavy (non-hydrogen) atoms. The molecule has 0 aliphatic heterocycles. The molecule has 96 valence electrons. The van der Waals surface area contributed by atoms with E-state index in [1.165, 1.54) is 24.3 Å². The van der Waals surface area contributed by atoms with Crippen molar-refractivity contribution in [1.82, 2.24) is 5.32 Å². The zero-order valence-corrected chi connectivity index (χ0v) is 9.91. The van der Waals surface area contributed by atoms with E-state index in [0.717, 1.165) is 25.7 Å². The number of benzene rings is 1. The average Bonchev–Trinajstić information content (AvgIpc) is 2.85. The number of anilines is 1. The van der Waals surface area contributed by atoms with Crippen LogP contribution in [-0.4, -0.2) is 17.9 Å². The maximum atomic E-state index is 12.7. The van der Waals surface area contributed by atoms with Gasteiger partial charge in [-0.1, -0.05) is 12.8 Å². The largest absolute Gasteiger partial charge is 0.345 e. The van der Waals surface area contributed by atoms with Gasteiger partial charge in [-0.3, -0.25) is 9.59 Å². The molecule has 1 aliphatic carbocycles. The van der Waals surface area contributed by atoms with Crippen LogP contribution in [0.15, 0.2) is 24.3 Å². The number of halogens is 1. The van der Waals surface area contributed by atoms with Crippen LogP contribution in [0.4, 0.5) is 10.1 Å². The van der Waals surface area contributed by atoms with Gasteiger partial charge in [-0.05, 0) is 37.1 Å². The number of hydrogen-bond donors (Lipinski definition) is 2. The van der Waals surface area contributed by atoms with Crippen LogP contribution in [-0.2, 0) is 9.59 Å². The van der Waals surface area contributed by atoms with Crippen LogP contribution in [0.2, 0.25) is 0 Å². The molecule has 1 fully saturated rings. The van der Waals surface area contributed by atoms with Crippen LogP contribution >= 0.6 is 0 Å². The van der Waals surface area contributed by atoms with Crippen LogP contribution in [0.25, 0.3) is 0 Å². The first-order chi connectivity index (χ1) is 8.65. The fourth-order valence-corrected chi connectivity index (χ4v) is 2.04. The highest BCUT2D eigenvalue weighted by atomic mass is 19.1. The topological polar surface area (TPSA) is 58.2 Å². The van der Waals surface area contributed by atoms with E-state index in [9.17, 15) is 14.0 Å². The van der Waals surface area contributed by atoms with E-state index >= 15 is 0 Å². The summed E-state index contributed by atoms with van der Waals surface area (Å²) in [5.74, 6) is -1.73. The lowest BCUT2D eigenvalue weighted by Crippen LogP contribution is -2.40. The summed E-state index contributed by atoms with van der Waals surface area (Å²) in [5, 5.41) is 5.11. The van der Waals surface area contributed by atoms with Gasteiger partial charge in [0.25, 0.3) is 0 Å². The summed E-state index contributed by atoms with van der Waals surface area (Å²) >= 11 is 0. The monoisotopic (exact) mass is 250 g/mol. The Morgan fingerprint density at radius 3 is 2.28 bits per heavy atom. The quantitative estimate of drug-likeness (QED) is 0.787. The van der Waals surface area contributed by atoms with E-state index in [1.54, 1.807) is 0 Å². The van der Waals surface area contributed by atoms with E-state index in [2.05, 4.69) is 10.6 Å². The summed E-state index contributed by atoms with van der Waals surface area (Å²) in [4.78, 5) is 23.1. The van der Waals surface area contributed by atoms with Crippen molar-refractivity contribution >= 4 is 17.5 Å². The number of rotatable bonds is 2. The van der Waals surface area contributed by atoms with Gasteiger partial charge in [-0.25, -0.2) is 4.39 Å². The second-order valence-electron chi connectivity index (χ2n) is 4.42. The summed E-state index contributed by atoms with van der Waals surface area (Å²) in [5.41, 5.74) is 0.406. The summed E-state index contributed by atoms with van der Waals surface area (Å²) in [6, 6.07) is 5.39. The lowest BCUT2D eigenvalue weighted by Gasteiger charge is -2.11. The Morgan fingerprint density at radius 1 is 1.06 bits per heavy atom. The van der Waals surface area contributed by atoms with E-state index in [-0.39, 0.29) is 11.9 Å². The number of amides is 2. The summed E-state index contributed by atoms with van der Waals surface area (Å²) in [6.45, 7) is 0. The Morgan fingerprint density at radius 2 is 1.67 bits per heavy atom. The molecule has 4 nitrogen and oxygen atoms in total. The first-order valence-corrected chi connectivity index (χ1v) is 6.02. The summed E-state index contributed by atoms with van der Waals surface area (Å²) in [7, 11) is 0. The minimum absolute atomic E-state index is 0.108. The third kappa shape index (κ3) is 3.29. The average molecular weight is 250 g/mol. The van der Waals surface area contributed by atoms with Gasteiger partial charge in [0.2, 0.25) is 0 Å². The zero-order chi connectivity index (χ0) is 13.0. The summed E-state index contributed by atoms with van der Waals surface area (Å²) in [6.07, 6.45) is 4.03. The molecule has 1 aromatic rings. The van der Waals surface area contributed by atoms with Crippen LogP contribution in [0.3, 0.4) is 0 Å². The van der Waals surface area contributed by atoms with Crippen molar-refractivity contribution in [2.45, 2.75) is 31.7 Å². The van der Waals surface area contributed by atoms with Crippen molar-refractivity contribution in [2.75, 3.05) is 5.32 Å². The van der Waals surface area contributed by atoms with Crippen molar-refractivity contribution in [3.05, 3.63) is 30.1 Å². The van der Waals surface area contributed by atoms with Gasteiger partial charge < -0.3 is 10.6 Å². The Balaban J connectivity index is 1.86. The molecule has 0 radical (unpaired) electrons. The molecule has 0 heterocycles. The second-order valence-corrected chi connectivity index (χ2v) is 4.42. The Kier molecular flexibility index (Phi) is 3.92. The van der Waals surface area contributed by atoms with Gasteiger partial charge in [0.05, 0.1) is 0 Å². The van der Waals surface area contributed by atoms with Gasteiger partial charge in [0.15, 0.2) is 0 Å². The van der Waals surface area contributed by atoms with Crippen LogP contribution < -0.4 is 10.6 Å². The Bertz CT molecular complexity index is 439. The fourth-order valence-electron chi connectivity index (χ4n) is 2.04. The smallest absolute Gasteiger partial charge is 0.313 e. The highest BCUT2D eigenvalue weighted by Crippen LogP contribution is 2.17. The van der Waals surface area contributed by atoms with Crippen molar-refractivity contribution in [1.29, 1.82) is 0 Å². The number of carbonyl (C=O) groups is 2. The first-order valence-electron chi connectivity index (χ1n) is 6.02. The third-order valence-electron chi connectivity index (χ3n) is 3.00. The molecule has 2 amide bonds. The van der Waals surface area contributed by atoms with E-state index < -0.39 is 11.8 Å². The van der Waals surface area contributed by atoms with Crippen molar-refractivity contribution in [3.63, 3.8) is 0 Å². The molecular weight excluding hydrogens is 235 g/mol.